The number of carbonyl (C=O) groups is 2. The summed E-state index contributed by atoms with van der Waals surface area (Å²) < 4.78 is 5.68. The normalized spacial score (nSPS) is 16.1. The van der Waals surface area contributed by atoms with E-state index in [1.807, 2.05) is 42.2 Å². The number of ether oxygens (including phenoxy) is 1. The molecule has 0 aliphatic carbocycles. The number of halogens is 1. The highest BCUT2D eigenvalue weighted by Crippen LogP contribution is 2.29. The molecule has 3 aromatic rings. The smallest absolute Gasteiger partial charge is 0.335 e. The maximum absolute atomic E-state index is 12.8. The number of nitrogens with zero attached hydrogens (tertiary/aromatic N) is 2. The number of thiazole rings is 1. The van der Waals surface area contributed by atoms with Crippen molar-refractivity contribution in [1.29, 1.82) is 0 Å². The average Bonchev–Trinajstić information content (AvgIpc) is 3.18. The number of carboxylic acids is 1. The van der Waals surface area contributed by atoms with Crippen LogP contribution >= 0.6 is 22.9 Å². The van der Waals surface area contributed by atoms with Crippen molar-refractivity contribution < 1.29 is 19.4 Å². The van der Waals surface area contributed by atoms with E-state index in [2.05, 4.69) is 10.3 Å². The number of nitrogens with one attached hydrogen (secondary N) is 1. The van der Waals surface area contributed by atoms with E-state index in [1.165, 1.54) is 11.3 Å². The molecule has 0 saturated carbocycles. The summed E-state index contributed by atoms with van der Waals surface area (Å²) >= 11 is 7.49. The highest BCUT2D eigenvalue weighted by atomic mass is 35.5. The van der Waals surface area contributed by atoms with E-state index in [1.54, 1.807) is 18.2 Å². The van der Waals surface area contributed by atoms with E-state index < -0.39 is 12.1 Å². The molecule has 7 nitrogen and oxygen atoms in total. The van der Waals surface area contributed by atoms with Gasteiger partial charge < -0.3 is 20.1 Å². The van der Waals surface area contributed by atoms with Gasteiger partial charge in [-0.3, -0.25) is 4.79 Å². The van der Waals surface area contributed by atoms with Crippen LogP contribution in [0.5, 0.6) is 0 Å². The summed E-state index contributed by atoms with van der Waals surface area (Å²) in [5.41, 5.74) is 2.83. The van der Waals surface area contributed by atoms with Crippen LogP contribution in [0.2, 0.25) is 5.02 Å². The molecule has 1 aromatic heterocycles. The van der Waals surface area contributed by atoms with Crippen LogP contribution in [-0.2, 0) is 16.1 Å². The van der Waals surface area contributed by atoms with Gasteiger partial charge in [0.25, 0.3) is 5.91 Å². The standard InChI is InChI=1S/C23H22ClN3O4S/c1-14-20(32-22(26-14)15-5-7-17(24)8-6-15)12-25-21(28)19-13-27(9-10-31-19)18-4-2-3-16(11-18)23(29)30/h2-8,11,19H,9-10,12-13H2,1H3,(H,25,28)(H,29,30). The summed E-state index contributed by atoms with van der Waals surface area (Å²) in [6, 6.07) is 14.2. The first-order valence-electron chi connectivity index (χ1n) is 10.1. The number of aromatic carboxylic acids is 1. The van der Waals surface area contributed by atoms with Crippen LogP contribution in [0.25, 0.3) is 10.6 Å². The minimum absolute atomic E-state index is 0.204. The summed E-state index contributed by atoms with van der Waals surface area (Å²) in [5.74, 6) is -1.18. The second-order valence-corrected chi connectivity index (χ2v) is 8.93. The Hall–Kier alpha value is -2.94. The van der Waals surface area contributed by atoms with Gasteiger partial charge in [-0.05, 0) is 37.3 Å². The minimum atomic E-state index is -0.979. The van der Waals surface area contributed by atoms with E-state index in [9.17, 15) is 14.7 Å². The third-order valence-electron chi connectivity index (χ3n) is 5.22. The highest BCUT2D eigenvalue weighted by molar-refractivity contribution is 7.15. The third-order valence-corrected chi connectivity index (χ3v) is 6.68. The summed E-state index contributed by atoms with van der Waals surface area (Å²) in [5, 5.41) is 13.7. The Morgan fingerprint density at radius 3 is 2.81 bits per heavy atom. The number of hydrogen-bond donors (Lipinski definition) is 2. The summed E-state index contributed by atoms with van der Waals surface area (Å²) in [4.78, 5) is 31.6. The molecule has 2 aromatic carbocycles. The Morgan fingerprint density at radius 2 is 2.06 bits per heavy atom. The van der Waals surface area contributed by atoms with Gasteiger partial charge in [-0.2, -0.15) is 0 Å². The zero-order valence-corrected chi connectivity index (χ0v) is 18.9. The van der Waals surface area contributed by atoms with Crippen LogP contribution in [0.1, 0.15) is 20.9 Å². The van der Waals surface area contributed by atoms with Crippen molar-refractivity contribution in [2.45, 2.75) is 19.6 Å². The summed E-state index contributed by atoms with van der Waals surface area (Å²) in [6.45, 7) is 3.61. The van der Waals surface area contributed by atoms with Crippen molar-refractivity contribution in [3.05, 3.63) is 69.7 Å². The van der Waals surface area contributed by atoms with Crippen molar-refractivity contribution >= 4 is 40.5 Å². The lowest BCUT2D eigenvalue weighted by atomic mass is 10.1. The lowest BCUT2D eigenvalue weighted by molar-refractivity contribution is -0.133. The Bertz CT molecular complexity index is 1130. The molecular weight excluding hydrogens is 450 g/mol. The van der Waals surface area contributed by atoms with Gasteiger partial charge in [0.05, 0.1) is 31.0 Å². The molecule has 1 aliphatic heterocycles. The van der Waals surface area contributed by atoms with Crippen LogP contribution < -0.4 is 10.2 Å². The number of anilines is 1. The fraction of sp³-hybridized carbons (Fsp3) is 0.261. The molecular formula is C23H22ClN3O4S. The summed E-state index contributed by atoms with van der Waals surface area (Å²) in [6.07, 6.45) is -0.638. The second kappa shape index (κ2) is 9.68. The number of hydrogen-bond acceptors (Lipinski definition) is 6. The fourth-order valence-corrected chi connectivity index (χ4v) is 4.60. The van der Waals surface area contributed by atoms with Gasteiger partial charge in [-0.15, -0.1) is 11.3 Å². The minimum Gasteiger partial charge on any atom is -0.478 e. The molecule has 4 rings (SSSR count). The quantitative estimate of drug-likeness (QED) is 0.564. The zero-order valence-electron chi connectivity index (χ0n) is 17.4. The lowest BCUT2D eigenvalue weighted by Crippen LogP contribution is -2.49. The number of morpholine rings is 1. The molecule has 0 spiro atoms. The van der Waals surface area contributed by atoms with Crippen LogP contribution in [0.3, 0.4) is 0 Å². The first-order valence-corrected chi connectivity index (χ1v) is 11.3. The maximum Gasteiger partial charge on any atom is 0.335 e. The fourth-order valence-electron chi connectivity index (χ4n) is 3.47. The molecule has 1 saturated heterocycles. The number of carboxylic acid groups (broad SMARTS) is 1. The molecule has 166 valence electrons. The third kappa shape index (κ3) is 5.09. The Labute approximate surface area is 194 Å². The van der Waals surface area contributed by atoms with Crippen LogP contribution in [0.15, 0.2) is 48.5 Å². The number of benzene rings is 2. The van der Waals surface area contributed by atoms with Crippen molar-refractivity contribution in [2.75, 3.05) is 24.6 Å². The molecule has 1 aliphatic rings. The number of rotatable bonds is 6. The van der Waals surface area contributed by atoms with Crippen LogP contribution in [-0.4, -0.2) is 47.8 Å². The average molecular weight is 472 g/mol. The summed E-state index contributed by atoms with van der Waals surface area (Å²) in [7, 11) is 0. The van der Waals surface area contributed by atoms with Gasteiger partial charge in [-0.1, -0.05) is 29.8 Å². The largest absolute Gasteiger partial charge is 0.478 e. The van der Waals surface area contributed by atoms with E-state index in [0.29, 0.717) is 31.3 Å². The molecule has 32 heavy (non-hydrogen) atoms. The van der Waals surface area contributed by atoms with Crippen LogP contribution in [0.4, 0.5) is 5.69 Å². The SMILES string of the molecule is Cc1nc(-c2ccc(Cl)cc2)sc1CNC(=O)C1CN(c2cccc(C(=O)O)c2)CCO1. The van der Waals surface area contributed by atoms with E-state index in [-0.39, 0.29) is 11.5 Å². The van der Waals surface area contributed by atoms with Crippen LogP contribution in [0, 0.1) is 6.92 Å². The van der Waals surface area contributed by atoms with Crippen molar-refractivity contribution in [3.63, 3.8) is 0 Å². The van der Waals surface area contributed by atoms with Crippen molar-refractivity contribution in [1.82, 2.24) is 10.3 Å². The van der Waals surface area contributed by atoms with Gasteiger partial charge in [0.1, 0.15) is 5.01 Å². The molecule has 2 N–H and O–H groups in total. The van der Waals surface area contributed by atoms with Gasteiger partial charge in [0.15, 0.2) is 6.10 Å². The first-order chi connectivity index (χ1) is 15.4. The molecule has 1 amide bonds. The second-order valence-electron chi connectivity index (χ2n) is 7.41. The number of carbonyl (C=O) groups excluding carboxylic acids is 1. The van der Waals surface area contributed by atoms with Gasteiger partial charge in [-0.25, -0.2) is 9.78 Å². The first kappa shape index (κ1) is 22.3. The number of aryl methyl sites for hydroxylation is 1. The van der Waals surface area contributed by atoms with E-state index in [0.717, 1.165) is 26.8 Å². The lowest BCUT2D eigenvalue weighted by Gasteiger charge is -2.33. The molecule has 1 atom stereocenters. The van der Waals surface area contributed by atoms with E-state index >= 15 is 0 Å². The molecule has 1 unspecified atom stereocenters. The predicted molar refractivity (Wildman–Crippen MR) is 124 cm³/mol. The Kier molecular flexibility index (Phi) is 6.74. The highest BCUT2D eigenvalue weighted by Gasteiger charge is 2.27. The Balaban J connectivity index is 1.38. The molecule has 1 fully saturated rings. The molecule has 0 radical (unpaired) electrons. The molecule has 2 heterocycles. The van der Waals surface area contributed by atoms with Gasteiger partial charge in [0.2, 0.25) is 0 Å². The maximum atomic E-state index is 12.8. The van der Waals surface area contributed by atoms with Gasteiger partial charge >= 0.3 is 5.97 Å². The monoisotopic (exact) mass is 471 g/mol. The molecule has 9 heteroatoms. The van der Waals surface area contributed by atoms with E-state index in [4.69, 9.17) is 16.3 Å². The predicted octanol–water partition coefficient (Wildman–Crippen LogP) is 3.99. The topological polar surface area (TPSA) is 91.8 Å². The van der Waals surface area contributed by atoms with Crippen molar-refractivity contribution in [2.24, 2.45) is 0 Å². The number of aromatic nitrogens is 1. The van der Waals surface area contributed by atoms with Crippen molar-refractivity contribution in [3.8, 4) is 10.6 Å². The molecule has 0 bridgehead atoms. The van der Waals surface area contributed by atoms with Gasteiger partial charge in [0, 0.05) is 27.7 Å². The zero-order chi connectivity index (χ0) is 22.7. The Morgan fingerprint density at radius 1 is 1.28 bits per heavy atom. The number of amides is 1.